The molecule has 0 aliphatic rings. The summed E-state index contributed by atoms with van der Waals surface area (Å²) >= 11 is 0. The molecule has 0 saturated carbocycles. The minimum Gasteiger partial charge on any atom is -0.493 e. The molecule has 0 bridgehead atoms. The first kappa shape index (κ1) is 13.6. The minimum atomic E-state index is -0.468. The third-order valence-corrected chi connectivity index (χ3v) is 3.19. The average molecular weight is 256 g/mol. The molecular weight excluding hydrogens is 236 g/mol. The molecule has 2 heteroatoms. The lowest BCUT2D eigenvalue weighted by Crippen LogP contribution is -2.06. The molecular formula is C17H20O2. The van der Waals surface area contributed by atoms with Crippen molar-refractivity contribution < 1.29 is 9.84 Å². The Kier molecular flexibility index (Phi) is 4.58. The summed E-state index contributed by atoms with van der Waals surface area (Å²) in [6.07, 6.45) is 0.128. The summed E-state index contributed by atoms with van der Waals surface area (Å²) in [7, 11) is 0. The molecule has 2 rings (SSSR count). The van der Waals surface area contributed by atoms with E-state index in [9.17, 15) is 5.11 Å². The summed E-state index contributed by atoms with van der Waals surface area (Å²) in [5.74, 6) is 0.843. The highest BCUT2D eigenvalue weighted by Gasteiger charge is 2.10. The second-order valence-corrected chi connectivity index (χ2v) is 4.83. The molecule has 0 fully saturated rings. The van der Waals surface area contributed by atoms with Crippen LogP contribution in [-0.2, 0) is 0 Å². The number of aliphatic hydroxyl groups excluding tert-OH is 1. The van der Waals surface area contributed by atoms with Gasteiger partial charge in [0.25, 0.3) is 0 Å². The van der Waals surface area contributed by atoms with Crippen LogP contribution >= 0.6 is 0 Å². The van der Waals surface area contributed by atoms with Gasteiger partial charge >= 0.3 is 0 Å². The van der Waals surface area contributed by atoms with Crippen LogP contribution in [0.3, 0.4) is 0 Å². The van der Waals surface area contributed by atoms with Crippen molar-refractivity contribution in [3.63, 3.8) is 0 Å². The van der Waals surface area contributed by atoms with Gasteiger partial charge in [0.15, 0.2) is 0 Å². The zero-order chi connectivity index (χ0) is 13.7. The van der Waals surface area contributed by atoms with E-state index in [1.165, 1.54) is 5.56 Å². The highest BCUT2D eigenvalue weighted by atomic mass is 16.5. The van der Waals surface area contributed by atoms with Gasteiger partial charge in [-0.25, -0.2) is 0 Å². The third kappa shape index (κ3) is 3.83. The lowest BCUT2D eigenvalue weighted by Gasteiger charge is -2.14. The van der Waals surface area contributed by atoms with E-state index < -0.39 is 6.10 Å². The maximum atomic E-state index is 10.2. The molecule has 0 aromatic heterocycles. The predicted octanol–water partition coefficient (Wildman–Crippen LogP) is 3.81. The smallest absolute Gasteiger partial charge is 0.119 e. The molecule has 1 N–H and O–H groups in total. The second kappa shape index (κ2) is 6.39. The van der Waals surface area contributed by atoms with Gasteiger partial charge in [-0.1, -0.05) is 42.0 Å². The van der Waals surface area contributed by atoms with Gasteiger partial charge < -0.3 is 9.84 Å². The summed E-state index contributed by atoms with van der Waals surface area (Å²) < 4.78 is 5.60. The lowest BCUT2D eigenvalue weighted by atomic mass is 9.99. The van der Waals surface area contributed by atoms with E-state index in [-0.39, 0.29) is 0 Å². The quantitative estimate of drug-likeness (QED) is 0.881. The monoisotopic (exact) mass is 256 g/mol. The van der Waals surface area contributed by atoms with Crippen molar-refractivity contribution in [2.45, 2.75) is 26.4 Å². The zero-order valence-corrected chi connectivity index (χ0v) is 11.5. The maximum Gasteiger partial charge on any atom is 0.119 e. The molecule has 0 aliphatic carbocycles. The Bertz CT molecular complexity index is 520. The Morgan fingerprint density at radius 2 is 1.79 bits per heavy atom. The normalized spacial score (nSPS) is 12.2. The fourth-order valence-corrected chi connectivity index (χ4v) is 2.16. The van der Waals surface area contributed by atoms with Crippen LogP contribution < -0.4 is 4.74 Å². The Balaban J connectivity index is 1.89. The van der Waals surface area contributed by atoms with Crippen LogP contribution in [0.5, 0.6) is 5.75 Å². The van der Waals surface area contributed by atoms with Crippen LogP contribution in [0.4, 0.5) is 0 Å². The fourth-order valence-electron chi connectivity index (χ4n) is 2.16. The fraction of sp³-hybridized carbons (Fsp3) is 0.294. The molecule has 100 valence electrons. The van der Waals surface area contributed by atoms with Gasteiger partial charge in [0.1, 0.15) is 5.75 Å². The van der Waals surface area contributed by atoms with Gasteiger partial charge in [-0.2, -0.15) is 0 Å². The van der Waals surface area contributed by atoms with Gasteiger partial charge in [-0.05, 0) is 37.1 Å². The first-order chi connectivity index (χ1) is 9.16. The van der Waals surface area contributed by atoms with Crippen molar-refractivity contribution in [3.05, 3.63) is 65.2 Å². The second-order valence-electron chi connectivity index (χ2n) is 4.83. The summed E-state index contributed by atoms with van der Waals surface area (Å²) in [5.41, 5.74) is 3.34. The van der Waals surface area contributed by atoms with E-state index >= 15 is 0 Å². The Labute approximate surface area is 114 Å². The molecule has 2 aromatic carbocycles. The van der Waals surface area contributed by atoms with Gasteiger partial charge in [0, 0.05) is 6.42 Å². The number of ether oxygens (including phenoxy) is 1. The number of aliphatic hydroxyl groups is 1. The van der Waals surface area contributed by atoms with Crippen LogP contribution in [0.1, 0.15) is 29.2 Å². The largest absolute Gasteiger partial charge is 0.493 e. The highest BCUT2D eigenvalue weighted by molar-refractivity contribution is 5.32. The number of rotatable bonds is 5. The minimum absolute atomic E-state index is 0.468. The zero-order valence-electron chi connectivity index (χ0n) is 11.5. The average Bonchev–Trinajstić information content (AvgIpc) is 2.39. The summed E-state index contributed by atoms with van der Waals surface area (Å²) in [6.45, 7) is 4.60. The molecule has 0 aliphatic heterocycles. The van der Waals surface area contributed by atoms with Crippen molar-refractivity contribution in [2.24, 2.45) is 0 Å². The molecule has 2 aromatic rings. The first-order valence-electron chi connectivity index (χ1n) is 6.60. The molecule has 1 unspecified atom stereocenters. The molecule has 2 nitrogen and oxygen atoms in total. The number of para-hydroxylation sites is 1. The van der Waals surface area contributed by atoms with Gasteiger partial charge in [0.05, 0.1) is 12.7 Å². The van der Waals surface area contributed by atoms with E-state index in [2.05, 4.69) is 13.0 Å². The van der Waals surface area contributed by atoms with E-state index in [0.717, 1.165) is 16.9 Å². The molecule has 1 atom stereocenters. The maximum absolute atomic E-state index is 10.2. The Morgan fingerprint density at radius 1 is 1.05 bits per heavy atom. The third-order valence-electron chi connectivity index (χ3n) is 3.19. The summed E-state index contributed by atoms with van der Waals surface area (Å²) in [5, 5.41) is 10.2. The van der Waals surface area contributed by atoms with Gasteiger partial charge in [-0.3, -0.25) is 0 Å². The molecule has 0 heterocycles. The topological polar surface area (TPSA) is 29.5 Å². The molecule has 19 heavy (non-hydrogen) atoms. The van der Waals surface area contributed by atoms with Crippen molar-refractivity contribution in [1.29, 1.82) is 0 Å². The van der Waals surface area contributed by atoms with E-state index in [4.69, 9.17) is 4.74 Å². The van der Waals surface area contributed by atoms with Gasteiger partial charge in [0.2, 0.25) is 0 Å². The van der Waals surface area contributed by atoms with Crippen molar-refractivity contribution in [1.82, 2.24) is 0 Å². The van der Waals surface area contributed by atoms with Crippen LogP contribution in [-0.4, -0.2) is 11.7 Å². The molecule has 0 saturated heterocycles. The SMILES string of the molecule is Cc1ccc(C(O)CCOc2ccccc2)c(C)c1. The Morgan fingerprint density at radius 3 is 2.47 bits per heavy atom. The van der Waals surface area contributed by atoms with Gasteiger partial charge in [-0.15, -0.1) is 0 Å². The number of hydrogen-bond acceptors (Lipinski definition) is 2. The van der Waals surface area contributed by atoms with E-state index in [1.54, 1.807) is 0 Å². The van der Waals surface area contributed by atoms with Crippen molar-refractivity contribution in [2.75, 3.05) is 6.61 Å². The number of benzene rings is 2. The molecule has 0 amide bonds. The molecule has 0 spiro atoms. The molecule has 0 radical (unpaired) electrons. The first-order valence-corrected chi connectivity index (χ1v) is 6.60. The highest BCUT2D eigenvalue weighted by Crippen LogP contribution is 2.22. The van der Waals surface area contributed by atoms with Crippen LogP contribution in [0.25, 0.3) is 0 Å². The lowest BCUT2D eigenvalue weighted by molar-refractivity contribution is 0.140. The summed E-state index contributed by atoms with van der Waals surface area (Å²) in [4.78, 5) is 0. The van der Waals surface area contributed by atoms with Crippen molar-refractivity contribution in [3.8, 4) is 5.75 Å². The summed E-state index contributed by atoms with van der Waals surface area (Å²) in [6, 6.07) is 15.8. The van der Waals surface area contributed by atoms with E-state index in [1.807, 2.05) is 49.4 Å². The van der Waals surface area contributed by atoms with Crippen LogP contribution in [0, 0.1) is 13.8 Å². The number of hydrogen-bond donors (Lipinski definition) is 1. The van der Waals surface area contributed by atoms with Crippen LogP contribution in [0.15, 0.2) is 48.5 Å². The van der Waals surface area contributed by atoms with E-state index in [0.29, 0.717) is 13.0 Å². The standard InChI is InChI=1S/C17H20O2/c1-13-8-9-16(14(2)12-13)17(18)10-11-19-15-6-4-3-5-7-15/h3-9,12,17-18H,10-11H2,1-2H3. The van der Waals surface area contributed by atoms with Crippen LogP contribution in [0.2, 0.25) is 0 Å². The Hall–Kier alpha value is -1.80. The van der Waals surface area contributed by atoms with Crippen molar-refractivity contribution >= 4 is 0 Å². The number of aryl methyl sites for hydroxylation is 2. The predicted molar refractivity (Wildman–Crippen MR) is 77.4 cm³/mol.